The summed E-state index contributed by atoms with van der Waals surface area (Å²) in [7, 11) is 3.44. The Morgan fingerprint density at radius 3 is 2.44 bits per heavy atom. The quantitative estimate of drug-likeness (QED) is 0.797. The molecule has 2 rings (SSSR count). The summed E-state index contributed by atoms with van der Waals surface area (Å²) in [4.78, 5) is 13.1. The van der Waals surface area contributed by atoms with Crippen molar-refractivity contribution in [3.63, 3.8) is 0 Å². The topological polar surface area (TPSA) is 74.8 Å². The third-order valence-electron chi connectivity index (χ3n) is 2.14. The van der Waals surface area contributed by atoms with Crippen molar-refractivity contribution in [3.8, 4) is 11.4 Å². The summed E-state index contributed by atoms with van der Waals surface area (Å²) in [5.74, 6) is 0.489. The molecular weight excluding hydrogens is 206 g/mol. The molecule has 0 radical (unpaired) electrons. The Morgan fingerprint density at radius 2 is 1.94 bits per heavy atom. The van der Waals surface area contributed by atoms with Crippen LogP contribution in [0, 0.1) is 0 Å². The minimum atomic E-state index is -0.0281. The monoisotopic (exact) mass is 217 g/mol. The second kappa shape index (κ2) is 4.09. The number of benzene rings is 1. The third-order valence-corrected chi connectivity index (χ3v) is 2.14. The lowest BCUT2D eigenvalue weighted by Crippen LogP contribution is -2.21. The van der Waals surface area contributed by atoms with Crippen molar-refractivity contribution in [2.24, 2.45) is 0 Å². The zero-order valence-corrected chi connectivity index (χ0v) is 9.01. The fourth-order valence-corrected chi connectivity index (χ4v) is 1.30. The molecule has 0 aliphatic heterocycles. The summed E-state index contributed by atoms with van der Waals surface area (Å²) in [5, 5.41) is 13.6. The Labute approximate surface area is 92.3 Å². The maximum atomic E-state index is 11.6. The fraction of sp³-hybridized carbons (Fsp3) is 0.200. The standard InChI is InChI=1S/C10H11N5O/c1-15(2)10(16)8-5-3-7(4-6-8)9-11-13-14-12-9/h3-6H,1-2H3,(H,11,12,13,14). The Morgan fingerprint density at radius 1 is 1.25 bits per heavy atom. The van der Waals surface area contributed by atoms with Gasteiger partial charge in [0.25, 0.3) is 5.91 Å². The number of carbonyl (C=O) groups excluding carboxylic acids is 1. The number of hydrogen-bond donors (Lipinski definition) is 1. The SMILES string of the molecule is CN(C)C(=O)c1ccc(-c2nn[nH]n2)cc1. The normalized spacial score (nSPS) is 10.1. The van der Waals surface area contributed by atoms with E-state index in [2.05, 4.69) is 20.6 Å². The molecule has 0 saturated heterocycles. The number of H-pyrrole nitrogens is 1. The second-order valence-corrected chi connectivity index (χ2v) is 3.51. The van der Waals surface area contributed by atoms with Crippen LogP contribution in [0.2, 0.25) is 0 Å². The maximum Gasteiger partial charge on any atom is 0.253 e. The Kier molecular flexibility index (Phi) is 2.63. The van der Waals surface area contributed by atoms with Gasteiger partial charge in [-0.2, -0.15) is 5.21 Å². The van der Waals surface area contributed by atoms with Crippen LogP contribution in [0.25, 0.3) is 11.4 Å². The van der Waals surface area contributed by atoms with Gasteiger partial charge in [0.2, 0.25) is 5.82 Å². The number of carbonyl (C=O) groups is 1. The molecule has 6 heteroatoms. The van der Waals surface area contributed by atoms with Crippen LogP contribution >= 0.6 is 0 Å². The highest BCUT2D eigenvalue weighted by Gasteiger charge is 2.08. The molecule has 0 unspecified atom stereocenters. The number of amides is 1. The van der Waals surface area contributed by atoms with Crippen LogP contribution in [0.1, 0.15) is 10.4 Å². The van der Waals surface area contributed by atoms with Crippen molar-refractivity contribution in [1.82, 2.24) is 25.5 Å². The van der Waals surface area contributed by atoms with E-state index in [1.165, 1.54) is 4.90 Å². The largest absolute Gasteiger partial charge is 0.345 e. The summed E-state index contributed by atoms with van der Waals surface area (Å²) < 4.78 is 0. The van der Waals surface area contributed by atoms with Gasteiger partial charge in [0.05, 0.1) is 0 Å². The number of tetrazole rings is 1. The van der Waals surface area contributed by atoms with Gasteiger partial charge in [-0.3, -0.25) is 4.79 Å². The summed E-state index contributed by atoms with van der Waals surface area (Å²) in [5.41, 5.74) is 1.46. The first-order valence-corrected chi connectivity index (χ1v) is 4.74. The van der Waals surface area contributed by atoms with E-state index in [1.54, 1.807) is 38.4 Å². The highest BCUT2D eigenvalue weighted by atomic mass is 16.2. The van der Waals surface area contributed by atoms with Crippen molar-refractivity contribution in [1.29, 1.82) is 0 Å². The van der Waals surface area contributed by atoms with E-state index in [-0.39, 0.29) is 5.91 Å². The van der Waals surface area contributed by atoms with Crippen LogP contribution in [-0.2, 0) is 0 Å². The molecule has 16 heavy (non-hydrogen) atoms. The van der Waals surface area contributed by atoms with Gasteiger partial charge in [-0.15, -0.1) is 10.2 Å². The van der Waals surface area contributed by atoms with Gasteiger partial charge in [-0.1, -0.05) is 12.1 Å². The lowest BCUT2D eigenvalue weighted by molar-refractivity contribution is 0.0827. The van der Waals surface area contributed by atoms with Crippen molar-refractivity contribution >= 4 is 5.91 Å². The average Bonchev–Trinajstić information content (AvgIpc) is 2.81. The Balaban J connectivity index is 2.27. The molecular formula is C10H11N5O. The van der Waals surface area contributed by atoms with E-state index in [9.17, 15) is 4.79 Å². The van der Waals surface area contributed by atoms with Gasteiger partial charge in [0.15, 0.2) is 0 Å². The lowest BCUT2D eigenvalue weighted by atomic mass is 10.1. The fourth-order valence-electron chi connectivity index (χ4n) is 1.30. The molecule has 1 aromatic carbocycles. The first-order chi connectivity index (χ1) is 7.68. The molecule has 0 saturated carbocycles. The minimum absolute atomic E-state index is 0.0281. The molecule has 0 bridgehead atoms. The first-order valence-electron chi connectivity index (χ1n) is 4.74. The summed E-state index contributed by atoms with van der Waals surface area (Å²) in [6, 6.07) is 7.07. The summed E-state index contributed by atoms with van der Waals surface area (Å²) in [6.45, 7) is 0. The first kappa shape index (κ1) is 10.3. The number of aromatic amines is 1. The van der Waals surface area contributed by atoms with Gasteiger partial charge in [0, 0.05) is 25.2 Å². The molecule has 6 nitrogen and oxygen atoms in total. The van der Waals surface area contributed by atoms with Gasteiger partial charge >= 0.3 is 0 Å². The van der Waals surface area contributed by atoms with Gasteiger partial charge in [0.1, 0.15) is 0 Å². The van der Waals surface area contributed by atoms with Crippen LogP contribution in [0.15, 0.2) is 24.3 Å². The van der Waals surface area contributed by atoms with Crippen molar-refractivity contribution in [2.75, 3.05) is 14.1 Å². The van der Waals surface area contributed by atoms with E-state index in [0.29, 0.717) is 11.4 Å². The zero-order valence-electron chi connectivity index (χ0n) is 9.01. The number of rotatable bonds is 2. The van der Waals surface area contributed by atoms with E-state index >= 15 is 0 Å². The maximum absolute atomic E-state index is 11.6. The third kappa shape index (κ3) is 1.90. The Bertz CT molecular complexity index is 474. The molecule has 2 aromatic rings. The van der Waals surface area contributed by atoms with Gasteiger partial charge in [-0.05, 0) is 17.3 Å². The van der Waals surface area contributed by atoms with Crippen LogP contribution < -0.4 is 0 Å². The molecule has 1 heterocycles. The summed E-state index contributed by atoms with van der Waals surface area (Å²) in [6.07, 6.45) is 0. The van der Waals surface area contributed by atoms with E-state index in [1.807, 2.05) is 0 Å². The molecule has 82 valence electrons. The predicted octanol–water partition coefficient (Wildman–Crippen LogP) is 0.568. The van der Waals surface area contributed by atoms with E-state index in [4.69, 9.17) is 0 Å². The number of nitrogens with zero attached hydrogens (tertiary/aromatic N) is 4. The van der Waals surface area contributed by atoms with Crippen molar-refractivity contribution < 1.29 is 4.79 Å². The summed E-state index contributed by atoms with van der Waals surface area (Å²) >= 11 is 0. The van der Waals surface area contributed by atoms with Crippen LogP contribution in [-0.4, -0.2) is 45.5 Å². The van der Waals surface area contributed by atoms with Crippen LogP contribution in [0.5, 0.6) is 0 Å². The second-order valence-electron chi connectivity index (χ2n) is 3.51. The van der Waals surface area contributed by atoms with Crippen molar-refractivity contribution in [3.05, 3.63) is 29.8 Å². The van der Waals surface area contributed by atoms with Crippen molar-refractivity contribution in [2.45, 2.75) is 0 Å². The molecule has 0 fully saturated rings. The predicted molar refractivity (Wildman–Crippen MR) is 57.6 cm³/mol. The minimum Gasteiger partial charge on any atom is -0.345 e. The molecule has 0 aliphatic rings. The van der Waals surface area contributed by atoms with E-state index in [0.717, 1.165) is 5.56 Å². The van der Waals surface area contributed by atoms with Gasteiger partial charge in [-0.25, -0.2) is 0 Å². The number of hydrogen-bond acceptors (Lipinski definition) is 4. The lowest BCUT2D eigenvalue weighted by Gasteiger charge is -2.09. The van der Waals surface area contributed by atoms with Crippen LogP contribution in [0.3, 0.4) is 0 Å². The molecule has 0 aliphatic carbocycles. The smallest absolute Gasteiger partial charge is 0.253 e. The number of aromatic nitrogens is 4. The highest BCUT2D eigenvalue weighted by Crippen LogP contribution is 2.14. The molecule has 1 N–H and O–H groups in total. The zero-order chi connectivity index (χ0) is 11.5. The molecule has 0 atom stereocenters. The molecule has 1 amide bonds. The average molecular weight is 217 g/mol. The molecule has 1 aromatic heterocycles. The number of nitrogens with one attached hydrogen (secondary N) is 1. The highest BCUT2D eigenvalue weighted by molar-refractivity contribution is 5.94. The van der Waals surface area contributed by atoms with E-state index < -0.39 is 0 Å². The van der Waals surface area contributed by atoms with Gasteiger partial charge < -0.3 is 4.90 Å². The molecule has 0 spiro atoms. The Hall–Kier alpha value is -2.24. The van der Waals surface area contributed by atoms with Crippen LogP contribution in [0.4, 0.5) is 0 Å².